The van der Waals surface area contributed by atoms with Crippen LogP contribution in [0.25, 0.3) is 0 Å². The Kier molecular flexibility index (Phi) is 5.66. The maximum absolute atomic E-state index is 6.24. The van der Waals surface area contributed by atoms with E-state index >= 15 is 0 Å². The molecule has 0 atom stereocenters. The van der Waals surface area contributed by atoms with Gasteiger partial charge >= 0.3 is 0 Å². The third kappa shape index (κ3) is 4.09. The predicted molar refractivity (Wildman–Crippen MR) is 86.6 cm³/mol. The molecule has 1 aliphatic heterocycles. The van der Waals surface area contributed by atoms with Crippen LogP contribution in [-0.4, -0.2) is 63.2 Å². The van der Waals surface area contributed by atoms with Gasteiger partial charge in [0.05, 0.1) is 0 Å². The monoisotopic (exact) mass is 296 g/mol. The van der Waals surface area contributed by atoms with Crippen LogP contribution >= 0.6 is 11.6 Å². The zero-order chi connectivity index (χ0) is 14.5. The molecule has 2 N–H and O–H groups in total. The molecule has 0 radical (unpaired) electrons. The lowest BCUT2D eigenvalue weighted by Gasteiger charge is -2.36. The molecule has 1 aliphatic rings. The highest BCUT2D eigenvalue weighted by atomic mass is 35.5. The highest BCUT2D eigenvalue weighted by molar-refractivity contribution is 6.31. The molecule has 0 bridgehead atoms. The predicted octanol–water partition coefficient (Wildman–Crippen LogP) is 1.48. The molecule has 2 rings (SSSR count). The summed E-state index contributed by atoms with van der Waals surface area (Å²) in [5.41, 5.74) is 7.87. The van der Waals surface area contributed by atoms with Crippen LogP contribution in [0.3, 0.4) is 0 Å². The van der Waals surface area contributed by atoms with Crippen LogP contribution in [0, 0.1) is 0 Å². The number of benzene rings is 1. The standard InChI is InChI=1S/C15H25ClN4/c1-18(2)5-6-19-7-9-20(10-8-19)14-4-3-13(12-17)15(16)11-14/h3-4,11H,5-10,12,17H2,1-2H3. The summed E-state index contributed by atoms with van der Waals surface area (Å²) in [5.74, 6) is 0. The number of piperazine rings is 1. The number of hydrogen-bond donors (Lipinski definition) is 1. The average molecular weight is 297 g/mol. The fraction of sp³-hybridized carbons (Fsp3) is 0.600. The molecule has 1 aromatic carbocycles. The van der Waals surface area contributed by atoms with Gasteiger partial charge in [-0.3, -0.25) is 4.90 Å². The van der Waals surface area contributed by atoms with Crippen molar-refractivity contribution in [3.8, 4) is 0 Å². The highest BCUT2D eigenvalue weighted by Gasteiger charge is 2.17. The molecule has 4 nitrogen and oxygen atoms in total. The van der Waals surface area contributed by atoms with E-state index in [0.717, 1.165) is 49.9 Å². The third-order valence-corrected chi connectivity index (χ3v) is 4.21. The second-order valence-electron chi connectivity index (χ2n) is 5.61. The molecule has 20 heavy (non-hydrogen) atoms. The summed E-state index contributed by atoms with van der Waals surface area (Å²) in [7, 11) is 4.24. The number of rotatable bonds is 5. The minimum Gasteiger partial charge on any atom is -0.369 e. The van der Waals surface area contributed by atoms with Crippen molar-refractivity contribution in [2.45, 2.75) is 6.54 Å². The first kappa shape index (κ1) is 15.6. The van der Waals surface area contributed by atoms with Gasteiger partial charge in [0.15, 0.2) is 0 Å². The van der Waals surface area contributed by atoms with E-state index in [1.54, 1.807) is 0 Å². The Morgan fingerprint density at radius 2 is 1.90 bits per heavy atom. The van der Waals surface area contributed by atoms with Crippen LogP contribution < -0.4 is 10.6 Å². The molecule has 0 unspecified atom stereocenters. The number of hydrogen-bond acceptors (Lipinski definition) is 4. The van der Waals surface area contributed by atoms with E-state index in [0.29, 0.717) is 6.54 Å². The topological polar surface area (TPSA) is 35.7 Å². The van der Waals surface area contributed by atoms with Crippen LogP contribution in [-0.2, 0) is 6.54 Å². The Morgan fingerprint density at radius 1 is 1.20 bits per heavy atom. The summed E-state index contributed by atoms with van der Waals surface area (Å²) in [5, 5.41) is 0.778. The van der Waals surface area contributed by atoms with Crippen LogP contribution in [0.5, 0.6) is 0 Å². The summed E-state index contributed by atoms with van der Waals surface area (Å²) in [6.07, 6.45) is 0. The van der Waals surface area contributed by atoms with Gasteiger partial charge in [-0.25, -0.2) is 0 Å². The maximum atomic E-state index is 6.24. The van der Waals surface area contributed by atoms with Crippen LogP contribution in [0.1, 0.15) is 5.56 Å². The second-order valence-corrected chi connectivity index (χ2v) is 6.02. The van der Waals surface area contributed by atoms with Gasteiger partial charge in [0.2, 0.25) is 0 Å². The molecule has 0 aromatic heterocycles. The van der Waals surface area contributed by atoms with Gasteiger partial charge in [-0.05, 0) is 31.8 Å². The van der Waals surface area contributed by atoms with Crippen LogP contribution in [0.2, 0.25) is 5.02 Å². The van der Waals surface area contributed by atoms with E-state index in [4.69, 9.17) is 17.3 Å². The SMILES string of the molecule is CN(C)CCN1CCN(c2ccc(CN)c(Cl)c2)CC1. The number of halogens is 1. The first-order valence-electron chi connectivity index (χ1n) is 7.20. The molecule has 0 spiro atoms. The lowest BCUT2D eigenvalue weighted by atomic mass is 10.1. The number of nitrogens with two attached hydrogens (primary N) is 1. The number of likely N-dealkylation sites (N-methyl/N-ethyl adjacent to an activating group) is 1. The lowest BCUT2D eigenvalue weighted by molar-refractivity contribution is 0.229. The molecule has 0 aliphatic carbocycles. The minimum atomic E-state index is 0.497. The molecule has 112 valence electrons. The zero-order valence-corrected chi connectivity index (χ0v) is 13.2. The van der Waals surface area contributed by atoms with Crippen molar-refractivity contribution in [3.05, 3.63) is 28.8 Å². The van der Waals surface area contributed by atoms with E-state index in [1.165, 1.54) is 5.69 Å². The molecule has 0 amide bonds. The van der Waals surface area contributed by atoms with Gasteiger partial charge < -0.3 is 15.5 Å². The van der Waals surface area contributed by atoms with E-state index in [9.17, 15) is 0 Å². The van der Waals surface area contributed by atoms with Gasteiger partial charge in [-0.1, -0.05) is 17.7 Å². The van der Waals surface area contributed by atoms with Crippen molar-refractivity contribution in [2.75, 3.05) is 58.3 Å². The molecular formula is C15H25ClN4. The van der Waals surface area contributed by atoms with E-state index in [1.807, 2.05) is 12.1 Å². The quantitative estimate of drug-likeness (QED) is 0.893. The number of anilines is 1. The van der Waals surface area contributed by atoms with E-state index in [-0.39, 0.29) is 0 Å². The minimum absolute atomic E-state index is 0.497. The molecule has 1 aromatic rings. The van der Waals surface area contributed by atoms with Crippen molar-refractivity contribution < 1.29 is 0 Å². The molecule has 1 fully saturated rings. The van der Waals surface area contributed by atoms with E-state index in [2.05, 4.69) is 34.9 Å². The summed E-state index contributed by atoms with van der Waals surface area (Å²) in [4.78, 5) is 7.16. The molecule has 1 saturated heterocycles. The fourth-order valence-electron chi connectivity index (χ4n) is 2.47. The summed E-state index contributed by atoms with van der Waals surface area (Å²) < 4.78 is 0. The zero-order valence-electron chi connectivity index (χ0n) is 12.5. The average Bonchev–Trinajstić information content (AvgIpc) is 2.45. The Hall–Kier alpha value is -0.810. The Labute approximate surface area is 127 Å². The first-order valence-corrected chi connectivity index (χ1v) is 7.58. The Bertz CT molecular complexity index is 428. The summed E-state index contributed by atoms with van der Waals surface area (Å²) >= 11 is 6.24. The smallest absolute Gasteiger partial charge is 0.0471 e. The Balaban J connectivity index is 1.88. The van der Waals surface area contributed by atoms with Crippen LogP contribution in [0.15, 0.2) is 18.2 Å². The van der Waals surface area contributed by atoms with Crippen molar-refractivity contribution >= 4 is 17.3 Å². The normalized spacial score (nSPS) is 16.9. The van der Waals surface area contributed by atoms with Crippen LogP contribution in [0.4, 0.5) is 5.69 Å². The lowest BCUT2D eigenvalue weighted by Crippen LogP contribution is -2.48. The maximum Gasteiger partial charge on any atom is 0.0471 e. The van der Waals surface area contributed by atoms with Crippen molar-refractivity contribution in [1.29, 1.82) is 0 Å². The Morgan fingerprint density at radius 3 is 2.45 bits per heavy atom. The second kappa shape index (κ2) is 7.27. The molecular weight excluding hydrogens is 272 g/mol. The summed E-state index contributed by atoms with van der Waals surface area (Å²) in [6, 6.07) is 6.21. The summed E-state index contributed by atoms with van der Waals surface area (Å²) in [6.45, 7) is 7.12. The van der Waals surface area contributed by atoms with Crippen molar-refractivity contribution in [3.63, 3.8) is 0 Å². The first-order chi connectivity index (χ1) is 9.60. The molecule has 0 saturated carbocycles. The highest BCUT2D eigenvalue weighted by Crippen LogP contribution is 2.24. The fourth-order valence-corrected chi connectivity index (χ4v) is 2.72. The van der Waals surface area contributed by atoms with E-state index < -0.39 is 0 Å². The van der Waals surface area contributed by atoms with Gasteiger partial charge in [0.1, 0.15) is 0 Å². The molecule has 1 heterocycles. The van der Waals surface area contributed by atoms with Crippen molar-refractivity contribution in [2.24, 2.45) is 5.73 Å². The number of nitrogens with zero attached hydrogens (tertiary/aromatic N) is 3. The van der Waals surface area contributed by atoms with Gasteiger partial charge in [0, 0.05) is 56.5 Å². The third-order valence-electron chi connectivity index (χ3n) is 3.86. The van der Waals surface area contributed by atoms with Gasteiger partial charge in [-0.15, -0.1) is 0 Å². The van der Waals surface area contributed by atoms with Gasteiger partial charge in [0.25, 0.3) is 0 Å². The van der Waals surface area contributed by atoms with Crippen molar-refractivity contribution in [1.82, 2.24) is 9.80 Å². The largest absolute Gasteiger partial charge is 0.369 e. The molecule has 5 heteroatoms. The van der Waals surface area contributed by atoms with Gasteiger partial charge in [-0.2, -0.15) is 0 Å².